The number of thioether (sulfide) groups is 1. The van der Waals surface area contributed by atoms with Crippen LogP contribution in [0.3, 0.4) is 0 Å². The number of hydrogen-bond acceptors (Lipinski definition) is 3. The molecule has 2 fully saturated rings. The number of hydrogen-bond donors (Lipinski definition) is 1. The highest BCUT2D eigenvalue weighted by molar-refractivity contribution is 7.99. The van der Waals surface area contributed by atoms with Crippen molar-refractivity contribution in [1.82, 2.24) is 14.9 Å². The van der Waals surface area contributed by atoms with Gasteiger partial charge < -0.3 is 9.88 Å². The van der Waals surface area contributed by atoms with E-state index in [2.05, 4.69) is 46.8 Å². The minimum absolute atomic E-state index is 0.587. The van der Waals surface area contributed by atoms with Crippen molar-refractivity contribution in [2.75, 3.05) is 18.1 Å². The van der Waals surface area contributed by atoms with Crippen LogP contribution in [0.1, 0.15) is 30.3 Å². The third-order valence-electron chi connectivity index (χ3n) is 4.26. The van der Waals surface area contributed by atoms with Crippen LogP contribution < -0.4 is 5.32 Å². The summed E-state index contributed by atoms with van der Waals surface area (Å²) in [6.45, 7) is 3.28. The number of fused-ring (bicyclic) bond motifs is 1. The lowest BCUT2D eigenvalue weighted by molar-refractivity contribution is 0.535. The highest BCUT2D eigenvalue weighted by Crippen LogP contribution is 2.39. The summed E-state index contributed by atoms with van der Waals surface area (Å²) in [5, 5.41) is 3.64. The van der Waals surface area contributed by atoms with E-state index in [1.807, 2.05) is 0 Å². The van der Waals surface area contributed by atoms with Gasteiger partial charge in [-0.2, -0.15) is 11.8 Å². The fourth-order valence-electron chi connectivity index (χ4n) is 3.11. The van der Waals surface area contributed by atoms with Gasteiger partial charge in [0.1, 0.15) is 5.82 Å². The largest absolute Gasteiger partial charge is 0.325 e. The summed E-state index contributed by atoms with van der Waals surface area (Å²) in [4.78, 5) is 4.94. The molecular weight excluding hydrogens is 266 g/mol. The first-order valence-electron chi connectivity index (χ1n) is 7.60. The third-order valence-corrected chi connectivity index (χ3v) is 5.39. The van der Waals surface area contributed by atoms with Crippen LogP contribution >= 0.6 is 11.8 Å². The van der Waals surface area contributed by atoms with Crippen molar-refractivity contribution in [2.24, 2.45) is 0 Å². The Morgan fingerprint density at radius 3 is 3.05 bits per heavy atom. The molecule has 1 unspecified atom stereocenters. The van der Waals surface area contributed by atoms with Gasteiger partial charge in [-0.15, -0.1) is 0 Å². The molecule has 0 radical (unpaired) electrons. The maximum Gasteiger partial charge on any atom is 0.111 e. The van der Waals surface area contributed by atoms with Crippen LogP contribution in [-0.2, 0) is 6.42 Å². The molecule has 0 amide bonds. The topological polar surface area (TPSA) is 29.9 Å². The van der Waals surface area contributed by atoms with Crippen LogP contribution in [0.4, 0.5) is 0 Å². The summed E-state index contributed by atoms with van der Waals surface area (Å²) in [6, 6.07) is 7.98. The predicted molar refractivity (Wildman–Crippen MR) is 85.6 cm³/mol. The van der Waals surface area contributed by atoms with Crippen molar-refractivity contribution >= 4 is 22.8 Å². The van der Waals surface area contributed by atoms with Crippen molar-refractivity contribution in [1.29, 1.82) is 0 Å². The molecule has 1 aromatic heterocycles. The SMILES string of the molecule is Cc1ccc2c(c1)nc(CC1CSCCN1)n2C1CC1. The minimum Gasteiger partial charge on any atom is -0.325 e. The summed E-state index contributed by atoms with van der Waals surface area (Å²) in [5.41, 5.74) is 3.81. The van der Waals surface area contributed by atoms with Gasteiger partial charge in [0.25, 0.3) is 0 Å². The Balaban J connectivity index is 1.71. The molecule has 4 heteroatoms. The molecule has 2 heterocycles. The van der Waals surface area contributed by atoms with Gasteiger partial charge in [-0.1, -0.05) is 6.07 Å². The van der Waals surface area contributed by atoms with Crippen molar-refractivity contribution in [3.05, 3.63) is 29.6 Å². The normalized spacial score (nSPS) is 23.4. The van der Waals surface area contributed by atoms with E-state index < -0.39 is 0 Å². The smallest absolute Gasteiger partial charge is 0.111 e. The average molecular weight is 287 g/mol. The van der Waals surface area contributed by atoms with Gasteiger partial charge in [-0.3, -0.25) is 0 Å². The molecule has 2 aromatic rings. The molecule has 106 valence electrons. The van der Waals surface area contributed by atoms with Gasteiger partial charge in [0, 0.05) is 36.6 Å². The van der Waals surface area contributed by atoms with Crippen LogP contribution in [0.2, 0.25) is 0 Å². The third kappa shape index (κ3) is 2.35. The van der Waals surface area contributed by atoms with Gasteiger partial charge in [-0.25, -0.2) is 4.98 Å². The van der Waals surface area contributed by atoms with E-state index in [0.717, 1.165) is 13.0 Å². The molecule has 4 rings (SSSR count). The summed E-state index contributed by atoms with van der Waals surface area (Å²) in [7, 11) is 0. The molecule has 0 spiro atoms. The summed E-state index contributed by atoms with van der Waals surface area (Å²) in [5.74, 6) is 3.75. The zero-order valence-corrected chi connectivity index (χ0v) is 12.7. The van der Waals surface area contributed by atoms with Crippen molar-refractivity contribution in [3.8, 4) is 0 Å². The zero-order chi connectivity index (χ0) is 13.5. The van der Waals surface area contributed by atoms with Gasteiger partial charge in [-0.05, 0) is 37.5 Å². The molecule has 2 aliphatic rings. The molecular formula is C16H21N3S. The Kier molecular flexibility index (Phi) is 3.23. The van der Waals surface area contributed by atoms with Gasteiger partial charge in [0.15, 0.2) is 0 Å². The van der Waals surface area contributed by atoms with Crippen LogP contribution in [-0.4, -0.2) is 33.6 Å². The molecule has 1 N–H and O–H groups in total. The van der Waals surface area contributed by atoms with E-state index in [9.17, 15) is 0 Å². The van der Waals surface area contributed by atoms with Crippen LogP contribution in [0.5, 0.6) is 0 Å². The lowest BCUT2D eigenvalue weighted by Crippen LogP contribution is -2.39. The molecule has 1 aromatic carbocycles. The second-order valence-corrected chi connectivity index (χ2v) is 7.20. The number of aromatic nitrogens is 2. The molecule has 1 aliphatic heterocycles. The number of benzene rings is 1. The summed E-state index contributed by atoms with van der Waals surface area (Å²) in [6.07, 6.45) is 3.70. The Bertz CT molecular complexity index is 624. The fourth-order valence-corrected chi connectivity index (χ4v) is 4.06. The number of rotatable bonds is 3. The maximum atomic E-state index is 4.94. The van der Waals surface area contributed by atoms with Crippen molar-refractivity contribution in [3.63, 3.8) is 0 Å². The van der Waals surface area contributed by atoms with E-state index in [-0.39, 0.29) is 0 Å². The van der Waals surface area contributed by atoms with E-state index in [1.165, 1.54) is 46.8 Å². The second kappa shape index (κ2) is 5.08. The van der Waals surface area contributed by atoms with Crippen LogP contribution in [0.15, 0.2) is 18.2 Å². The Hall–Kier alpha value is -1.00. The zero-order valence-electron chi connectivity index (χ0n) is 11.9. The van der Waals surface area contributed by atoms with Crippen molar-refractivity contribution < 1.29 is 0 Å². The molecule has 3 nitrogen and oxygen atoms in total. The van der Waals surface area contributed by atoms with Crippen molar-refractivity contribution in [2.45, 2.75) is 38.3 Å². The lowest BCUT2D eigenvalue weighted by Gasteiger charge is -2.23. The van der Waals surface area contributed by atoms with Gasteiger partial charge >= 0.3 is 0 Å². The molecule has 1 atom stereocenters. The second-order valence-electron chi connectivity index (χ2n) is 6.05. The molecule has 1 aliphatic carbocycles. The molecule has 0 bridgehead atoms. The van der Waals surface area contributed by atoms with Crippen LogP contribution in [0.25, 0.3) is 11.0 Å². The van der Waals surface area contributed by atoms with E-state index in [0.29, 0.717) is 12.1 Å². The Morgan fingerprint density at radius 2 is 2.30 bits per heavy atom. The van der Waals surface area contributed by atoms with E-state index >= 15 is 0 Å². The first kappa shape index (κ1) is 12.7. The Labute approximate surface area is 124 Å². The lowest BCUT2D eigenvalue weighted by atomic mass is 10.2. The Morgan fingerprint density at radius 1 is 1.40 bits per heavy atom. The monoisotopic (exact) mass is 287 g/mol. The van der Waals surface area contributed by atoms with E-state index in [4.69, 9.17) is 4.98 Å². The number of imidazole rings is 1. The number of nitrogens with one attached hydrogen (secondary N) is 1. The van der Waals surface area contributed by atoms with Crippen LogP contribution in [0, 0.1) is 6.92 Å². The van der Waals surface area contributed by atoms with Gasteiger partial charge in [0.05, 0.1) is 11.0 Å². The highest BCUT2D eigenvalue weighted by atomic mass is 32.2. The summed E-state index contributed by atoms with van der Waals surface area (Å²) < 4.78 is 2.51. The first-order valence-corrected chi connectivity index (χ1v) is 8.75. The average Bonchev–Trinajstić information content (AvgIpc) is 3.22. The molecule has 1 saturated heterocycles. The van der Waals surface area contributed by atoms with Gasteiger partial charge in [0.2, 0.25) is 0 Å². The quantitative estimate of drug-likeness (QED) is 0.941. The highest BCUT2D eigenvalue weighted by Gasteiger charge is 2.29. The number of aryl methyl sites for hydroxylation is 1. The standard InChI is InChI=1S/C16H21N3S/c1-11-2-5-15-14(8-11)18-16(19(15)13-3-4-13)9-12-10-20-7-6-17-12/h2,5,8,12-13,17H,3-4,6-7,9-10H2,1H3. The first-order chi connectivity index (χ1) is 9.81. The number of nitrogens with zero attached hydrogens (tertiary/aromatic N) is 2. The molecule has 1 saturated carbocycles. The summed E-state index contributed by atoms with van der Waals surface area (Å²) >= 11 is 2.06. The fraction of sp³-hybridized carbons (Fsp3) is 0.562. The maximum absolute atomic E-state index is 4.94. The predicted octanol–water partition coefficient (Wildman–Crippen LogP) is 2.93. The molecule has 20 heavy (non-hydrogen) atoms. The van der Waals surface area contributed by atoms with E-state index in [1.54, 1.807) is 0 Å². The minimum atomic E-state index is 0.587.